The maximum atomic E-state index is 9.03. The summed E-state index contributed by atoms with van der Waals surface area (Å²) < 4.78 is 3.56. The smallest absolute Gasteiger partial charge is 0.251 e. The largest absolute Gasteiger partial charge is 0.553 e. The average Bonchev–Trinajstić information content (AvgIpc) is 2.00. The maximum Gasteiger partial charge on any atom is 0.251 e. The molecule has 0 saturated heterocycles. The van der Waals surface area contributed by atoms with Crippen LogP contribution < -0.4 is 5.11 Å². The molecule has 0 fully saturated rings. The summed E-state index contributed by atoms with van der Waals surface area (Å²) in [6.45, 7) is 22.1. The summed E-state index contributed by atoms with van der Waals surface area (Å²) in [5, 5.41) is 9.03. The van der Waals surface area contributed by atoms with E-state index < -0.39 is 6.16 Å². The van der Waals surface area contributed by atoms with Gasteiger partial charge < -0.3 is 14.6 Å². The van der Waals surface area contributed by atoms with Crippen LogP contribution in [0.2, 0.25) is 0 Å². The Kier molecular flexibility index (Phi) is 45.8. The van der Waals surface area contributed by atoms with Crippen LogP contribution in [0.25, 0.3) is 0 Å². The molecule has 0 aliphatic heterocycles. The number of rotatable bonds is 0. The van der Waals surface area contributed by atoms with E-state index in [-0.39, 0.29) is 20.4 Å². The van der Waals surface area contributed by atoms with Crippen molar-refractivity contribution in [2.75, 3.05) is 47.1 Å². The van der Waals surface area contributed by atoms with Gasteiger partial charge in [0.1, 0.15) is 0 Å². The number of methoxy groups -OCH3 is 1. The van der Waals surface area contributed by atoms with Crippen molar-refractivity contribution in [2.24, 2.45) is 0 Å². The molecule has 0 rings (SSSR count). The molecule has 0 aliphatic rings. The van der Waals surface area contributed by atoms with Gasteiger partial charge in [0.2, 0.25) is 0 Å². The molecule has 0 unspecified atom stereocenters. The molecule has 3 radical (unpaired) electrons. The Morgan fingerprint density at radius 1 is 1.00 bits per heavy atom. The molecule has 0 heterocycles. The van der Waals surface area contributed by atoms with E-state index in [1.165, 1.54) is 0 Å². The monoisotopic (exact) mass is 388 g/mol. The van der Waals surface area contributed by atoms with E-state index in [1.54, 1.807) is 0 Å². The van der Waals surface area contributed by atoms with E-state index in [1.807, 2.05) is 6.92 Å². The Morgan fingerprint density at radius 3 is 1.06 bits per heavy atom. The number of ether oxygens (including phenoxy) is 1. The Balaban J connectivity index is -0.0000000412. The summed E-state index contributed by atoms with van der Waals surface area (Å²) >= 11 is 0. The second-order valence-corrected chi connectivity index (χ2v) is 9.46. The van der Waals surface area contributed by atoms with Gasteiger partial charge in [-0.05, 0) is 59.8 Å². The van der Waals surface area contributed by atoms with Gasteiger partial charge in [0.15, 0.2) is 0 Å². The predicted molar refractivity (Wildman–Crippen MR) is 81.4 cm³/mol. The minimum absolute atomic E-state index is 0. The summed E-state index contributed by atoms with van der Waals surface area (Å²) in [6.07, 6.45) is -1.50. The summed E-state index contributed by atoms with van der Waals surface area (Å²) in [5.41, 5.74) is 0. The van der Waals surface area contributed by atoms with Crippen molar-refractivity contribution < 1.29 is 35.1 Å². The zero-order valence-electron chi connectivity index (χ0n) is 12.8. The van der Waals surface area contributed by atoms with Crippen LogP contribution in [-0.2, 0) is 25.2 Å². The number of carbonyl (C=O) groups is 1. The predicted octanol–water partition coefficient (Wildman–Crippen LogP) is 2.94. The molecule has 0 saturated carbocycles. The number of carboxylic acid groups (broad SMARTS) is 1. The molecule has 0 aromatic carbocycles. The molecule has 0 aromatic rings. The van der Waals surface area contributed by atoms with Crippen molar-refractivity contribution >= 4 is 22.0 Å². The zero-order valence-corrected chi connectivity index (χ0v) is 16.2. The Hall–Kier alpha value is 0.792. The van der Waals surface area contributed by atoms with Crippen LogP contribution in [0, 0.1) is 19.8 Å². The molecule has 6 heteroatoms. The molecule has 0 atom stereocenters. The van der Waals surface area contributed by atoms with Gasteiger partial charge in [0, 0.05) is 27.5 Å². The van der Waals surface area contributed by atoms with E-state index in [0.29, 0.717) is 15.8 Å². The Labute approximate surface area is 131 Å². The molecule has 3 nitrogen and oxygen atoms in total. The quantitative estimate of drug-likeness (QED) is 0.364. The van der Waals surface area contributed by atoms with Crippen molar-refractivity contribution in [3.8, 4) is 0 Å². The SMILES string of the molecule is COC(=O)[O-].CP(C)C.CP(C)C.[CH2][C]([CH2])C.[Pd]. The number of hydrogen-bond acceptors (Lipinski definition) is 3. The summed E-state index contributed by atoms with van der Waals surface area (Å²) in [5.74, 6) is 0.917. The van der Waals surface area contributed by atoms with Crippen molar-refractivity contribution in [1.82, 2.24) is 0 Å². The van der Waals surface area contributed by atoms with Crippen LogP contribution in [-0.4, -0.2) is 53.3 Å². The van der Waals surface area contributed by atoms with Gasteiger partial charge in [-0.2, -0.15) is 0 Å². The molecule has 0 aliphatic carbocycles. The molecule has 0 amide bonds. The van der Waals surface area contributed by atoms with E-state index in [4.69, 9.17) is 9.90 Å². The van der Waals surface area contributed by atoms with Crippen LogP contribution in [0.4, 0.5) is 4.79 Å². The fourth-order valence-electron chi connectivity index (χ4n) is 0. The van der Waals surface area contributed by atoms with Gasteiger partial charge in [-0.25, -0.2) is 0 Å². The standard InChI is InChI=1S/C4H7.2C3H9P.C2H4O3.Pd/c3*1-4(2)3;1-5-2(3)4;/h1-2H2,3H3;2*1-3H3;1H3,(H,3,4);/p-1. The summed E-state index contributed by atoms with van der Waals surface area (Å²) in [4.78, 5) is 9.03. The minimum Gasteiger partial charge on any atom is -0.553 e. The van der Waals surface area contributed by atoms with Crippen LogP contribution >= 0.6 is 15.8 Å². The molecule has 115 valence electrons. The van der Waals surface area contributed by atoms with E-state index in [0.717, 1.165) is 13.0 Å². The average molecular weight is 389 g/mol. The second-order valence-electron chi connectivity index (χ2n) is 4.09. The van der Waals surface area contributed by atoms with Crippen LogP contribution in [0.5, 0.6) is 0 Å². The van der Waals surface area contributed by atoms with Crippen LogP contribution in [0.15, 0.2) is 0 Å². The summed E-state index contributed by atoms with van der Waals surface area (Å²) in [7, 11) is 1.80. The third-order valence-electron chi connectivity index (χ3n) is 0.167. The number of carbonyl (C=O) groups excluding carboxylic acids is 1. The normalized spacial score (nSPS) is 7.83. The number of hydrogen-bond donors (Lipinski definition) is 0. The van der Waals surface area contributed by atoms with E-state index in [9.17, 15) is 0 Å². The van der Waals surface area contributed by atoms with Gasteiger partial charge >= 0.3 is 0 Å². The zero-order chi connectivity index (χ0) is 15.0. The molecular formula is C12H28O3P2Pd-. The van der Waals surface area contributed by atoms with Gasteiger partial charge in [0.05, 0.1) is 0 Å². The van der Waals surface area contributed by atoms with Crippen molar-refractivity contribution in [2.45, 2.75) is 6.92 Å². The topological polar surface area (TPSA) is 49.4 Å². The van der Waals surface area contributed by atoms with Gasteiger partial charge in [-0.15, -0.1) is 15.8 Å². The first-order chi connectivity index (χ1) is 7.47. The molecule has 0 aromatic heterocycles. The van der Waals surface area contributed by atoms with Crippen molar-refractivity contribution in [3.63, 3.8) is 0 Å². The Bertz CT molecular complexity index is 121. The first-order valence-corrected chi connectivity index (χ1v) is 10.3. The van der Waals surface area contributed by atoms with E-state index >= 15 is 0 Å². The van der Waals surface area contributed by atoms with Gasteiger partial charge in [-0.3, -0.25) is 0 Å². The third kappa shape index (κ3) is 537. The first-order valence-electron chi connectivity index (χ1n) is 4.91. The van der Waals surface area contributed by atoms with Crippen molar-refractivity contribution in [3.05, 3.63) is 19.8 Å². The Morgan fingerprint density at radius 2 is 1.06 bits per heavy atom. The summed E-state index contributed by atoms with van der Waals surface area (Å²) in [6, 6.07) is 0. The first kappa shape index (κ1) is 31.3. The van der Waals surface area contributed by atoms with Crippen LogP contribution in [0.1, 0.15) is 6.92 Å². The molecule has 0 N–H and O–H groups in total. The molecule has 18 heavy (non-hydrogen) atoms. The molecular weight excluding hydrogens is 360 g/mol. The maximum absolute atomic E-state index is 9.03. The minimum atomic E-state index is -1.50. The molecule has 0 spiro atoms. The van der Waals surface area contributed by atoms with Gasteiger partial charge in [-0.1, -0.05) is 6.92 Å². The van der Waals surface area contributed by atoms with Crippen LogP contribution in [0.3, 0.4) is 0 Å². The molecule has 0 bridgehead atoms. The van der Waals surface area contributed by atoms with E-state index in [2.05, 4.69) is 58.6 Å². The fraction of sp³-hybridized carbons (Fsp3) is 0.667. The third-order valence-corrected chi connectivity index (χ3v) is 0.167. The second kappa shape index (κ2) is 26.4. The van der Waals surface area contributed by atoms with Crippen molar-refractivity contribution in [1.29, 1.82) is 0 Å². The fourth-order valence-corrected chi connectivity index (χ4v) is 0. The van der Waals surface area contributed by atoms with Gasteiger partial charge in [0.25, 0.3) is 6.16 Å².